The first-order chi connectivity index (χ1) is 40.4. The Kier molecular flexibility index (Phi) is 37.7. The molecule has 0 fully saturated rings. The molecule has 0 aliphatic rings. The molecule has 0 atom stereocenters. The molecular formula is C74H105F3OS9. The molecule has 0 spiro atoms. The lowest BCUT2D eigenvalue weighted by molar-refractivity contribution is 0.532. The summed E-state index contributed by atoms with van der Waals surface area (Å²) in [5, 5.41) is 18.0. The fraction of sp³-hybridized carbons (Fsp3) is 0.459. The molecule has 0 saturated carbocycles. The van der Waals surface area contributed by atoms with E-state index < -0.39 is 0 Å². The molecule has 482 valence electrons. The van der Waals surface area contributed by atoms with Crippen molar-refractivity contribution in [2.45, 2.75) is 231 Å². The predicted octanol–water partition coefficient (Wildman–Crippen LogP) is 28.7. The SMILES string of the molecule is Cc1c(F)csc1C(C)C.Cc1ccoc1C.Cc1csc(C(C)C)c1C.Cc1csc(C)c1C.Cc1csc(C)c1C.Cc1csc(C)c1C.Cc1scc(C(C)C)c1C.Cc1scc(C(C)C)c1C.Cc1scc(F)c1C.Cc1scc(F)c1C. The first-order valence-electron chi connectivity index (χ1n) is 29.7. The Balaban J connectivity index is 0.000000484. The molecule has 0 radical (unpaired) electrons. The summed E-state index contributed by atoms with van der Waals surface area (Å²) in [6.45, 7) is 63.5. The van der Waals surface area contributed by atoms with Crippen molar-refractivity contribution in [2.24, 2.45) is 0 Å². The van der Waals surface area contributed by atoms with Crippen LogP contribution in [0.2, 0.25) is 0 Å². The predicted molar refractivity (Wildman–Crippen MR) is 398 cm³/mol. The molecule has 10 heterocycles. The standard InChI is InChI=1S/3C9H14S.C8H11FS.3C7H10S.2C6H7FS.C6H8O/c2*1-6(2)9-5-10-8(4)7(9)3;1-6(2)9-8(4)7(3)5-10-9;1-5(2)8-6(3)7(9)4-10-8;3*1-5-4-8-7(3)6(5)2;2*1-4-5(2)8-3-6(4)7;1-5-3-4-7-6(5)2/h3*5-6H,1-4H3;4-5H,1-3H3;3*4H,1-3H3;2*3H,1-2H3;3-4H,1-2H3. The van der Waals surface area contributed by atoms with Crippen LogP contribution in [0.3, 0.4) is 0 Å². The van der Waals surface area contributed by atoms with Crippen molar-refractivity contribution >= 4 is 102 Å². The molecule has 10 rings (SSSR count). The van der Waals surface area contributed by atoms with E-state index in [4.69, 9.17) is 4.42 Å². The lowest BCUT2D eigenvalue weighted by Crippen LogP contribution is -1.86. The van der Waals surface area contributed by atoms with Gasteiger partial charge in [-0.25, -0.2) is 13.2 Å². The van der Waals surface area contributed by atoms with E-state index in [2.05, 4.69) is 192 Å². The van der Waals surface area contributed by atoms with Gasteiger partial charge in [-0.1, -0.05) is 55.4 Å². The lowest BCUT2D eigenvalue weighted by Gasteiger charge is -2.02. The summed E-state index contributed by atoms with van der Waals surface area (Å²) in [7, 11) is 0. The highest BCUT2D eigenvalue weighted by atomic mass is 32.1. The normalized spacial score (nSPS) is 10.3. The van der Waals surface area contributed by atoms with E-state index in [1.165, 1.54) is 146 Å². The summed E-state index contributed by atoms with van der Waals surface area (Å²) in [6, 6.07) is 1.95. The van der Waals surface area contributed by atoms with Gasteiger partial charge >= 0.3 is 0 Å². The molecule has 10 aromatic heterocycles. The van der Waals surface area contributed by atoms with Crippen molar-refractivity contribution in [1.82, 2.24) is 0 Å². The second kappa shape index (κ2) is 40.3. The number of halogens is 3. The Hall–Kier alpha value is -3.63. The van der Waals surface area contributed by atoms with Crippen LogP contribution in [0.4, 0.5) is 13.2 Å². The van der Waals surface area contributed by atoms with Crippen molar-refractivity contribution in [1.29, 1.82) is 0 Å². The van der Waals surface area contributed by atoms with Gasteiger partial charge in [0, 0.05) is 60.0 Å². The maximum atomic E-state index is 12.7. The first-order valence-corrected chi connectivity index (χ1v) is 37.6. The van der Waals surface area contributed by atoms with Gasteiger partial charge in [0.2, 0.25) is 0 Å². The summed E-state index contributed by atoms with van der Waals surface area (Å²) in [6.07, 6.45) is 1.70. The second-order valence-electron chi connectivity index (χ2n) is 23.3. The van der Waals surface area contributed by atoms with Gasteiger partial charge in [0.05, 0.1) is 6.26 Å². The van der Waals surface area contributed by atoms with Crippen LogP contribution in [-0.2, 0) is 0 Å². The summed E-state index contributed by atoms with van der Waals surface area (Å²) in [4.78, 5) is 12.1. The number of aryl methyl sites for hydroxylation is 13. The molecule has 0 bridgehead atoms. The van der Waals surface area contributed by atoms with E-state index in [-0.39, 0.29) is 17.5 Å². The zero-order valence-electron chi connectivity index (χ0n) is 58.4. The maximum absolute atomic E-state index is 12.7. The molecular weight excluding hydrogens is 1250 g/mol. The van der Waals surface area contributed by atoms with Gasteiger partial charge in [0.15, 0.2) is 0 Å². The van der Waals surface area contributed by atoms with E-state index in [0.29, 0.717) is 23.7 Å². The minimum absolute atomic E-state index is 0.0614. The molecule has 1 nitrogen and oxygen atoms in total. The van der Waals surface area contributed by atoms with E-state index in [1.54, 1.807) is 25.5 Å². The van der Waals surface area contributed by atoms with Crippen LogP contribution in [0.25, 0.3) is 0 Å². The molecule has 0 N–H and O–H groups in total. The largest absolute Gasteiger partial charge is 0.469 e. The quantitative estimate of drug-likeness (QED) is 0.171. The smallest absolute Gasteiger partial charge is 0.137 e. The van der Waals surface area contributed by atoms with Crippen molar-refractivity contribution in [3.63, 3.8) is 0 Å². The minimum Gasteiger partial charge on any atom is -0.469 e. The van der Waals surface area contributed by atoms with Gasteiger partial charge in [-0.05, 0) is 303 Å². The third kappa shape index (κ3) is 27.4. The summed E-state index contributed by atoms with van der Waals surface area (Å²) in [5.74, 6) is 3.32. The van der Waals surface area contributed by atoms with E-state index in [0.717, 1.165) is 37.1 Å². The van der Waals surface area contributed by atoms with Crippen LogP contribution < -0.4 is 0 Å². The fourth-order valence-electron chi connectivity index (χ4n) is 7.59. The van der Waals surface area contributed by atoms with Gasteiger partial charge in [0.25, 0.3) is 0 Å². The Morgan fingerprint density at radius 3 is 0.621 bits per heavy atom. The van der Waals surface area contributed by atoms with Crippen LogP contribution >= 0.6 is 102 Å². The number of thiophene rings is 9. The molecule has 0 amide bonds. The van der Waals surface area contributed by atoms with Gasteiger partial charge in [-0.3, -0.25) is 0 Å². The highest BCUT2D eigenvalue weighted by molar-refractivity contribution is 7.12. The van der Waals surface area contributed by atoms with Crippen LogP contribution in [0.5, 0.6) is 0 Å². The third-order valence-corrected chi connectivity index (χ3v) is 25.7. The van der Waals surface area contributed by atoms with Gasteiger partial charge in [-0.15, -0.1) is 102 Å². The summed E-state index contributed by atoms with van der Waals surface area (Å²) < 4.78 is 42.4. The molecule has 0 saturated heterocycles. The highest BCUT2D eigenvalue weighted by Crippen LogP contribution is 2.31. The highest BCUT2D eigenvalue weighted by Gasteiger charge is 2.11. The average molecular weight is 1360 g/mol. The molecule has 0 aliphatic carbocycles. The zero-order chi connectivity index (χ0) is 66.9. The van der Waals surface area contributed by atoms with Crippen molar-refractivity contribution in [3.8, 4) is 0 Å². The number of furan rings is 1. The van der Waals surface area contributed by atoms with Crippen LogP contribution in [0.1, 0.15) is 218 Å². The number of hydrogen-bond acceptors (Lipinski definition) is 10. The van der Waals surface area contributed by atoms with Gasteiger partial charge in [0.1, 0.15) is 23.2 Å². The summed E-state index contributed by atoms with van der Waals surface area (Å²) >= 11 is 15.5. The molecule has 10 aromatic rings. The maximum Gasteiger partial charge on any atom is 0.137 e. The number of rotatable bonds is 4. The topological polar surface area (TPSA) is 13.1 Å². The van der Waals surface area contributed by atoms with Crippen LogP contribution in [0.15, 0.2) is 65.2 Å². The number of hydrogen-bond donors (Lipinski definition) is 0. The van der Waals surface area contributed by atoms with E-state index in [9.17, 15) is 13.2 Å². The molecule has 0 aromatic carbocycles. The first kappa shape index (κ1) is 81.4. The fourth-order valence-corrected chi connectivity index (χ4v) is 15.8. The third-order valence-electron chi connectivity index (χ3n) is 15.4. The van der Waals surface area contributed by atoms with Crippen molar-refractivity contribution in [3.05, 3.63) is 217 Å². The molecule has 87 heavy (non-hydrogen) atoms. The van der Waals surface area contributed by atoms with Crippen LogP contribution in [0, 0.1) is 170 Å². The Morgan fingerprint density at radius 2 is 0.517 bits per heavy atom. The second-order valence-corrected chi connectivity index (χ2v) is 32.7. The lowest BCUT2D eigenvalue weighted by atomic mass is 10.0. The van der Waals surface area contributed by atoms with Crippen LogP contribution in [-0.4, -0.2) is 0 Å². The Bertz CT molecular complexity index is 2950. The van der Waals surface area contributed by atoms with Crippen molar-refractivity contribution < 1.29 is 17.6 Å². The zero-order valence-corrected chi connectivity index (χ0v) is 65.7. The molecule has 0 unspecified atom stereocenters. The van der Waals surface area contributed by atoms with E-state index in [1.807, 2.05) is 109 Å². The Labute approximate surface area is 562 Å². The Morgan fingerprint density at radius 1 is 0.264 bits per heavy atom. The summed E-state index contributed by atoms with van der Waals surface area (Å²) in [5.41, 5.74) is 21.2. The average Bonchev–Trinajstić information content (AvgIpc) is 4.53. The van der Waals surface area contributed by atoms with Gasteiger partial charge < -0.3 is 4.42 Å². The van der Waals surface area contributed by atoms with E-state index >= 15 is 0 Å². The van der Waals surface area contributed by atoms with Gasteiger partial charge in [-0.2, -0.15) is 0 Å². The minimum atomic E-state index is -0.0764. The molecule has 0 aliphatic heterocycles. The monoisotopic (exact) mass is 1350 g/mol. The molecule has 13 heteroatoms. The van der Waals surface area contributed by atoms with Crippen molar-refractivity contribution in [2.75, 3.05) is 0 Å².